The summed E-state index contributed by atoms with van der Waals surface area (Å²) < 4.78 is 21.3. The zero-order chi connectivity index (χ0) is 9.61. The Morgan fingerprint density at radius 3 is 2.67 bits per heavy atom. The number of unbranched alkanes of at least 4 members (excludes halogenated alkanes) is 2. The van der Waals surface area contributed by atoms with Crippen LogP contribution in [0.2, 0.25) is 6.04 Å². The van der Waals surface area contributed by atoms with Gasteiger partial charge in [-0.1, -0.05) is 18.9 Å². The standard InChI is InChI=1S/C7H19NSi/c1-8(2)6-4-3-5-7-9/h3-7H2,1-2,9H3/i9T3. The van der Waals surface area contributed by atoms with Crippen LogP contribution >= 0.6 is 0 Å². The van der Waals surface area contributed by atoms with Gasteiger partial charge in [0, 0.05) is 13.7 Å². The molecule has 0 radical (unpaired) electrons. The number of hydrogen-bond donors (Lipinski definition) is 0. The first-order valence-electron chi connectivity index (χ1n) is 5.06. The third kappa shape index (κ3) is 8.18. The van der Waals surface area contributed by atoms with Crippen LogP contribution in [-0.4, -0.2) is 39.3 Å². The van der Waals surface area contributed by atoms with E-state index >= 15 is 0 Å². The molecule has 2 heteroatoms. The van der Waals surface area contributed by atoms with E-state index in [-0.39, 0.29) is 0 Å². The van der Waals surface area contributed by atoms with Crippen molar-refractivity contribution in [2.24, 2.45) is 0 Å². The highest BCUT2D eigenvalue weighted by atomic mass is 28.1. The first-order valence-corrected chi connectivity index (χ1v) is 4.27. The number of rotatable bonds is 6. The van der Waals surface area contributed by atoms with Gasteiger partial charge in [-0.15, -0.1) is 0 Å². The molecule has 0 unspecified atom stereocenters. The van der Waals surface area contributed by atoms with Gasteiger partial charge in [-0.3, -0.25) is 0 Å². The summed E-state index contributed by atoms with van der Waals surface area (Å²) in [6, 6.07) is 0.500. The van der Waals surface area contributed by atoms with E-state index in [1.54, 1.807) is 0 Å². The van der Waals surface area contributed by atoms with Crippen LogP contribution in [0.5, 0.6) is 0 Å². The molecule has 0 aliphatic carbocycles. The average molecular weight is 151 g/mol. The fourth-order valence-electron chi connectivity index (χ4n) is 0.730. The van der Waals surface area contributed by atoms with Crippen molar-refractivity contribution in [3.63, 3.8) is 0 Å². The zero-order valence-electron chi connectivity index (χ0n) is 9.48. The predicted molar refractivity (Wildman–Crippen MR) is 47.2 cm³/mol. The van der Waals surface area contributed by atoms with Crippen molar-refractivity contribution in [3.05, 3.63) is 0 Å². The lowest BCUT2D eigenvalue weighted by Gasteiger charge is -2.07. The normalized spacial score (nSPS) is 17.0. The molecule has 0 spiro atoms. The molecule has 0 amide bonds. The van der Waals surface area contributed by atoms with Crippen molar-refractivity contribution < 1.29 is 0 Å². The molecule has 0 fully saturated rings. The largest absolute Gasteiger partial charge is 0.309 e. The first-order chi connectivity index (χ1) is 5.42. The molecule has 0 aromatic carbocycles. The highest BCUT2D eigenvalue weighted by molar-refractivity contribution is 6.08. The Morgan fingerprint density at radius 1 is 1.33 bits per heavy atom. The van der Waals surface area contributed by atoms with Crippen LogP contribution in [-0.2, 0) is 0 Å². The van der Waals surface area contributed by atoms with E-state index in [9.17, 15) is 0 Å². The smallest absolute Gasteiger partial charge is 0.00729 e. The topological polar surface area (TPSA) is 3.24 Å². The maximum Gasteiger partial charge on any atom is 0.00729 e. The van der Waals surface area contributed by atoms with E-state index in [0.29, 0.717) is 6.04 Å². The summed E-state index contributed by atoms with van der Waals surface area (Å²) >= 11 is 0. The fraction of sp³-hybridized carbons (Fsp3) is 1.00. The summed E-state index contributed by atoms with van der Waals surface area (Å²) in [4.78, 5) is 2.13. The van der Waals surface area contributed by atoms with Crippen molar-refractivity contribution >= 4 is 10.0 Å². The Kier molecular flexibility index (Phi) is 3.44. The van der Waals surface area contributed by atoms with Gasteiger partial charge in [0.25, 0.3) is 0 Å². The van der Waals surface area contributed by atoms with Gasteiger partial charge in [-0.2, -0.15) is 0 Å². The molecule has 0 aromatic rings. The van der Waals surface area contributed by atoms with Crippen molar-refractivity contribution in [1.29, 1.82) is 3.70 Å². The van der Waals surface area contributed by atoms with Crippen LogP contribution in [0.4, 0.5) is 0 Å². The maximum absolute atomic E-state index is 7.11. The van der Waals surface area contributed by atoms with Gasteiger partial charge in [0.2, 0.25) is 0 Å². The van der Waals surface area contributed by atoms with Gasteiger partial charge >= 0.3 is 0 Å². The first kappa shape index (κ1) is 4.91. The van der Waals surface area contributed by atoms with E-state index in [1.807, 2.05) is 14.1 Å². The molecule has 1 nitrogen and oxygen atoms in total. The fourth-order valence-corrected chi connectivity index (χ4v) is 0.980. The Balaban J connectivity index is 3.12. The molecule has 0 heterocycles. The Hall–Kier alpha value is 0.177. The van der Waals surface area contributed by atoms with E-state index in [2.05, 4.69) is 4.90 Å². The molecule has 0 aromatic heterocycles. The highest BCUT2D eigenvalue weighted by Crippen LogP contribution is 1.97. The zero-order valence-corrected chi connectivity index (χ0v) is 7.48. The van der Waals surface area contributed by atoms with Gasteiger partial charge < -0.3 is 4.90 Å². The van der Waals surface area contributed by atoms with Crippen molar-refractivity contribution in [2.75, 3.05) is 20.6 Å². The average Bonchev–Trinajstić information content (AvgIpc) is 1.83. The molecule has 0 bridgehead atoms. The Labute approximate surface area is 65.5 Å². The Bertz CT molecular complexity index is 114. The molecule has 0 N–H and O–H groups in total. The quantitative estimate of drug-likeness (QED) is 0.395. The van der Waals surface area contributed by atoms with Crippen LogP contribution in [0.25, 0.3) is 0 Å². The second-order valence-electron chi connectivity index (χ2n) is 2.61. The molecule has 0 aliphatic heterocycles. The molecule has 0 saturated heterocycles. The molecule has 9 heavy (non-hydrogen) atoms. The summed E-state index contributed by atoms with van der Waals surface area (Å²) in [6.07, 6.45) is 3.07. The molecule has 0 saturated carbocycles. The van der Waals surface area contributed by atoms with E-state index in [4.69, 9.17) is 3.70 Å². The maximum atomic E-state index is 7.11. The second-order valence-corrected chi connectivity index (χ2v) is 3.11. The number of nitrogens with zero attached hydrogens (tertiary/aromatic N) is 1. The van der Waals surface area contributed by atoms with Crippen LogP contribution in [0.1, 0.15) is 19.3 Å². The predicted octanol–water partition coefficient (Wildman–Crippen LogP) is 0.502. The third-order valence-corrected chi connectivity index (χ3v) is 1.64. The summed E-state index contributed by atoms with van der Waals surface area (Å²) in [5.41, 5.74) is 0. The molecule has 0 rings (SSSR count). The SMILES string of the molecule is [3H][Si]([3H])([3H])CCCCCN(C)C. The summed E-state index contributed by atoms with van der Waals surface area (Å²) in [6.45, 7) is 1.07. The lowest BCUT2D eigenvalue weighted by Crippen LogP contribution is -2.12. The third-order valence-electron chi connectivity index (χ3n) is 1.28. The second kappa shape index (κ2) is 6.30. The molecule has 56 valence electrons. The molecular weight excluding hydrogens is 126 g/mol. The van der Waals surface area contributed by atoms with Crippen LogP contribution in [0, 0.1) is 0 Å². The van der Waals surface area contributed by atoms with Crippen LogP contribution < -0.4 is 0 Å². The van der Waals surface area contributed by atoms with Crippen LogP contribution in [0.15, 0.2) is 0 Å². The monoisotopic (exact) mass is 151 g/mol. The molecule has 0 aliphatic rings. The van der Waals surface area contributed by atoms with Crippen molar-refractivity contribution in [2.45, 2.75) is 25.3 Å². The Morgan fingerprint density at radius 2 is 2.11 bits per heavy atom. The van der Waals surface area contributed by atoms with E-state index < -0.39 is 10.0 Å². The molecule has 0 atom stereocenters. The summed E-state index contributed by atoms with van der Waals surface area (Å²) in [5.74, 6) is 0. The van der Waals surface area contributed by atoms with Crippen LogP contribution in [0.3, 0.4) is 0 Å². The van der Waals surface area contributed by atoms with E-state index in [0.717, 1.165) is 25.8 Å². The van der Waals surface area contributed by atoms with Gasteiger partial charge in [0.05, 0.1) is 0 Å². The lowest BCUT2D eigenvalue weighted by molar-refractivity contribution is 0.393. The molecular formula is C7H19NSi. The minimum Gasteiger partial charge on any atom is -0.309 e. The summed E-state index contributed by atoms with van der Waals surface area (Å²) in [7, 11) is 1.08. The van der Waals surface area contributed by atoms with E-state index in [1.165, 1.54) is 0 Å². The van der Waals surface area contributed by atoms with Gasteiger partial charge in [0.1, 0.15) is 0 Å². The van der Waals surface area contributed by atoms with Crippen molar-refractivity contribution in [3.8, 4) is 0 Å². The minimum absolute atomic E-state index is 0.500. The lowest BCUT2D eigenvalue weighted by atomic mass is 10.2. The number of hydrogen-bond acceptors (Lipinski definition) is 1. The summed E-state index contributed by atoms with van der Waals surface area (Å²) in [5, 5.41) is 0. The van der Waals surface area contributed by atoms with Gasteiger partial charge in [-0.05, 0) is 27.1 Å². The van der Waals surface area contributed by atoms with Gasteiger partial charge in [0.15, 0.2) is 0 Å². The van der Waals surface area contributed by atoms with Gasteiger partial charge in [-0.25, -0.2) is 0 Å². The highest BCUT2D eigenvalue weighted by Gasteiger charge is 1.88. The van der Waals surface area contributed by atoms with Crippen molar-refractivity contribution in [1.82, 2.24) is 4.90 Å². The minimum atomic E-state index is -3.00.